The molecule has 1 fully saturated rings. The maximum absolute atomic E-state index is 11.8. The molecule has 32 heavy (non-hydrogen) atoms. The summed E-state index contributed by atoms with van der Waals surface area (Å²) in [6.45, 7) is 4.04. The second-order valence-corrected chi connectivity index (χ2v) is 9.36. The summed E-state index contributed by atoms with van der Waals surface area (Å²) in [7, 11) is 0. The van der Waals surface area contributed by atoms with E-state index in [9.17, 15) is 9.90 Å². The van der Waals surface area contributed by atoms with Gasteiger partial charge in [-0.2, -0.15) is 9.50 Å². The predicted octanol–water partition coefficient (Wildman–Crippen LogP) is 4.32. The summed E-state index contributed by atoms with van der Waals surface area (Å²) in [5.74, 6) is 0.983. The van der Waals surface area contributed by atoms with Crippen LogP contribution in [0.15, 0.2) is 41.0 Å². The number of furan rings is 1. The molecule has 0 radical (unpaired) electrons. The minimum Gasteiger partial charge on any atom is -0.492 e. The number of piperazine rings is 1. The maximum atomic E-state index is 11.8. The quantitative estimate of drug-likeness (QED) is 0.457. The molecule has 1 amide bonds. The van der Waals surface area contributed by atoms with Crippen molar-refractivity contribution in [3.05, 3.63) is 57.1 Å². The number of carbonyl (C=O) groups excluding carboxylic acids is 1. The molecule has 1 aromatic carbocycles. The van der Waals surface area contributed by atoms with Gasteiger partial charge < -0.3 is 14.4 Å². The number of amides is 1. The molecule has 1 aliphatic heterocycles. The normalized spacial score (nSPS) is 16.0. The summed E-state index contributed by atoms with van der Waals surface area (Å²) < 4.78 is 6.79. The van der Waals surface area contributed by atoms with Crippen LogP contribution in [0, 0.1) is 0 Å². The molecule has 0 unspecified atom stereocenters. The van der Waals surface area contributed by atoms with Gasteiger partial charge in [0.2, 0.25) is 22.6 Å². The fourth-order valence-corrected chi connectivity index (χ4v) is 5.58. The van der Waals surface area contributed by atoms with E-state index in [-0.39, 0.29) is 17.8 Å². The van der Waals surface area contributed by atoms with Gasteiger partial charge in [-0.15, -0.1) is 5.10 Å². The van der Waals surface area contributed by atoms with E-state index < -0.39 is 0 Å². The van der Waals surface area contributed by atoms with Crippen LogP contribution in [0.2, 0.25) is 10.0 Å². The second-order valence-electron chi connectivity index (χ2n) is 7.51. The predicted molar refractivity (Wildman–Crippen MR) is 122 cm³/mol. The van der Waals surface area contributed by atoms with E-state index in [1.165, 1.54) is 15.9 Å². The Hall–Kier alpha value is -2.59. The summed E-state index contributed by atoms with van der Waals surface area (Å²) in [5.41, 5.74) is 0.818. The lowest BCUT2D eigenvalue weighted by Crippen LogP contribution is -2.49. The van der Waals surface area contributed by atoms with Gasteiger partial charge in [0.05, 0.1) is 17.2 Å². The monoisotopic (exact) mass is 491 g/mol. The molecule has 1 N–H and O–H groups in total. The number of fused-ring (bicyclic) bond motifs is 1. The van der Waals surface area contributed by atoms with Crippen molar-refractivity contribution in [3.8, 4) is 17.5 Å². The topological polar surface area (TPSA) is 87.1 Å². The van der Waals surface area contributed by atoms with Gasteiger partial charge >= 0.3 is 0 Å². The Morgan fingerprint density at radius 2 is 2.00 bits per heavy atom. The molecule has 0 aliphatic carbocycles. The molecule has 4 aromatic rings. The van der Waals surface area contributed by atoms with Crippen LogP contribution in [0.4, 0.5) is 0 Å². The minimum absolute atomic E-state index is 0.000297. The lowest BCUT2D eigenvalue weighted by atomic mass is 10.0. The molecule has 0 saturated carbocycles. The van der Waals surface area contributed by atoms with Gasteiger partial charge in [-0.3, -0.25) is 9.69 Å². The minimum atomic E-state index is -0.338. The summed E-state index contributed by atoms with van der Waals surface area (Å²) in [6.07, 6.45) is 1.55. The zero-order valence-electron chi connectivity index (χ0n) is 17.0. The Bertz CT molecular complexity index is 1280. The number of hydrogen-bond donors (Lipinski definition) is 1. The van der Waals surface area contributed by atoms with E-state index in [4.69, 9.17) is 27.6 Å². The van der Waals surface area contributed by atoms with Gasteiger partial charge in [0, 0.05) is 43.1 Å². The number of hydrogen-bond acceptors (Lipinski definition) is 7. The number of aromatic hydroxyl groups is 1. The van der Waals surface area contributed by atoms with Crippen LogP contribution >= 0.6 is 34.5 Å². The van der Waals surface area contributed by atoms with Crippen LogP contribution in [0.1, 0.15) is 23.4 Å². The van der Waals surface area contributed by atoms with E-state index in [1.54, 1.807) is 37.5 Å². The molecule has 11 heteroatoms. The number of rotatable bonds is 4. The number of nitrogens with zero attached hydrogens (tertiary/aromatic N) is 5. The number of aromatic nitrogens is 3. The van der Waals surface area contributed by atoms with Crippen molar-refractivity contribution in [2.45, 2.75) is 13.0 Å². The Morgan fingerprint density at radius 1 is 1.22 bits per heavy atom. The van der Waals surface area contributed by atoms with Crippen molar-refractivity contribution in [2.24, 2.45) is 0 Å². The highest BCUT2D eigenvalue weighted by molar-refractivity contribution is 7.17. The van der Waals surface area contributed by atoms with Gasteiger partial charge in [-0.25, -0.2) is 0 Å². The molecule has 1 saturated heterocycles. The highest BCUT2D eigenvalue weighted by Crippen LogP contribution is 2.43. The van der Waals surface area contributed by atoms with E-state index in [1.807, 2.05) is 11.0 Å². The number of thiazole rings is 1. The van der Waals surface area contributed by atoms with Crippen LogP contribution in [0.25, 0.3) is 16.5 Å². The zero-order chi connectivity index (χ0) is 22.4. The number of halogens is 2. The molecule has 0 spiro atoms. The van der Waals surface area contributed by atoms with Gasteiger partial charge in [0.15, 0.2) is 5.76 Å². The lowest BCUT2D eigenvalue weighted by Gasteiger charge is -2.39. The van der Waals surface area contributed by atoms with Gasteiger partial charge in [-0.05, 0) is 29.8 Å². The molecule has 8 nitrogen and oxygen atoms in total. The number of benzene rings is 1. The fourth-order valence-electron chi connectivity index (χ4n) is 3.96. The summed E-state index contributed by atoms with van der Waals surface area (Å²) >= 11 is 14.1. The van der Waals surface area contributed by atoms with Crippen LogP contribution < -0.4 is 0 Å². The van der Waals surface area contributed by atoms with E-state index in [0.29, 0.717) is 57.6 Å². The van der Waals surface area contributed by atoms with Crippen molar-refractivity contribution < 1.29 is 14.3 Å². The third-order valence-electron chi connectivity index (χ3n) is 5.57. The van der Waals surface area contributed by atoms with Crippen LogP contribution in [0.5, 0.6) is 5.88 Å². The van der Waals surface area contributed by atoms with Crippen molar-refractivity contribution in [2.75, 3.05) is 26.2 Å². The first kappa shape index (κ1) is 21.3. The van der Waals surface area contributed by atoms with E-state index >= 15 is 0 Å². The highest BCUT2D eigenvalue weighted by Gasteiger charge is 2.33. The third kappa shape index (κ3) is 3.75. The first-order chi connectivity index (χ1) is 15.4. The molecule has 1 aliphatic rings. The van der Waals surface area contributed by atoms with Gasteiger partial charge in [0.1, 0.15) is 0 Å². The Kier molecular flexibility index (Phi) is 5.58. The fraction of sp³-hybridized carbons (Fsp3) is 0.286. The largest absolute Gasteiger partial charge is 0.492 e. The second kappa shape index (κ2) is 8.40. The van der Waals surface area contributed by atoms with Gasteiger partial charge in [-0.1, -0.05) is 40.6 Å². The van der Waals surface area contributed by atoms with Gasteiger partial charge in [0.25, 0.3) is 0 Å². The average molecular weight is 492 g/mol. The van der Waals surface area contributed by atoms with E-state index in [2.05, 4.69) is 15.0 Å². The number of carbonyl (C=O) groups is 1. The third-order valence-corrected chi connectivity index (χ3v) is 7.21. The van der Waals surface area contributed by atoms with Crippen molar-refractivity contribution >= 4 is 45.4 Å². The van der Waals surface area contributed by atoms with Crippen molar-refractivity contribution in [1.82, 2.24) is 24.4 Å². The smallest absolute Gasteiger partial charge is 0.230 e. The first-order valence-electron chi connectivity index (χ1n) is 9.99. The molecule has 3 aromatic heterocycles. The molecule has 0 bridgehead atoms. The summed E-state index contributed by atoms with van der Waals surface area (Å²) in [4.78, 5) is 21.5. The zero-order valence-corrected chi connectivity index (χ0v) is 19.4. The Balaban J connectivity index is 1.57. The standard InChI is InChI=1S/C21H19Cl2N5O3S/c1-12(29)26-6-8-27(9-7-26)17(14-5-4-13(22)11-15(14)23)18-20(30)28-21(32-18)24-19(25-28)16-3-2-10-31-16/h2-5,10-11,17,30H,6-9H2,1H3/t17-/m1/s1. The SMILES string of the molecule is CC(=O)N1CCN([C@H](c2ccc(Cl)cc2Cl)c2sc3nc(-c4ccco4)nn3c2O)CC1. The molecular weight excluding hydrogens is 473 g/mol. The van der Waals surface area contributed by atoms with Crippen LogP contribution in [0.3, 0.4) is 0 Å². The Labute approximate surface area is 197 Å². The molecule has 166 valence electrons. The van der Waals surface area contributed by atoms with E-state index in [0.717, 1.165) is 5.56 Å². The highest BCUT2D eigenvalue weighted by atomic mass is 35.5. The van der Waals surface area contributed by atoms with Crippen LogP contribution in [-0.4, -0.2) is 61.6 Å². The molecule has 4 heterocycles. The lowest BCUT2D eigenvalue weighted by molar-refractivity contribution is -0.130. The first-order valence-corrected chi connectivity index (χ1v) is 11.6. The van der Waals surface area contributed by atoms with Crippen LogP contribution in [-0.2, 0) is 4.79 Å². The van der Waals surface area contributed by atoms with Crippen molar-refractivity contribution in [1.29, 1.82) is 0 Å². The summed E-state index contributed by atoms with van der Waals surface area (Å²) in [5, 5.41) is 16.6. The molecule has 5 rings (SSSR count). The summed E-state index contributed by atoms with van der Waals surface area (Å²) in [6, 6.07) is 8.53. The van der Waals surface area contributed by atoms with Crippen molar-refractivity contribution in [3.63, 3.8) is 0 Å². The Morgan fingerprint density at radius 3 is 2.62 bits per heavy atom. The average Bonchev–Trinajstić information content (AvgIpc) is 3.49. The molecular formula is C21H19Cl2N5O3S. The molecule has 1 atom stereocenters. The maximum Gasteiger partial charge on any atom is 0.230 e.